The van der Waals surface area contributed by atoms with Gasteiger partial charge in [-0.2, -0.15) is 5.26 Å². The van der Waals surface area contributed by atoms with Crippen molar-refractivity contribution in [3.63, 3.8) is 0 Å². The molecule has 0 atom stereocenters. The highest BCUT2D eigenvalue weighted by atomic mass is 16.3. The fourth-order valence-corrected chi connectivity index (χ4v) is 1.72. The zero-order valence-corrected chi connectivity index (χ0v) is 12.0. The summed E-state index contributed by atoms with van der Waals surface area (Å²) in [5, 5.41) is 14.7. The van der Waals surface area contributed by atoms with E-state index in [2.05, 4.69) is 10.6 Å². The van der Waals surface area contributed by atoms with E-state index in [4.69, 9.17) is 9.68 Å². The van der Waals surface area contributed by atoms with Crippen molar-refractivity contribution in [2.45, 2.75) is 20.4 Å². The van der Waals surface area contributed by atoms with Crippen LogP contribution in [-0.2, 0) is 11.3 Å². The van der Waals surface area contributed by atoms with Gasteiger partial charge in [0.25, 0.3) is 0 Å². The second-order valence-electron chi connectivity index (χ2n) is 4.96. The first kappa shape index (κ1) is 14.7. The molecule has 0 spiro atoms. The fraction of sp³-hybridized carbons (Fsp3) is 0.250. The van der Waals surface area contributed by atoms with Gasteiger partial charge in [-0.05, 0) is 30.3 Å². The molecule has 2 N–H and O–H groups in total. The van der Waals surface area contributed by atoms with E-state index in [0.717, 1.165) is 11.4 Å². The molecule has 0 fully saturated rings. The number of nitrogens with zero attached hydrogens (tertiary/aromatic N) is 1. The molecule has 0 aliphatic rings. The Balaban J connectivity index is 1.98. The summed E-state index contributed by atoms with van der Waals surface area (Å²) < 4.78 is 5.29. The first-order valence-corrected chi connectivity index (χ1v) is 6.72. The molecule has 5 nitrogen and oxygen atoms in total. The molecular formula is C16H17N3O2. The highest BCUT2D eigenvalue weighted by Gasteiger charge is 2.07. The SMILES string of the molecule is CC(C)C(=O)Nc1cccc(NCc2ccc(C#N)o2)c1. The highest BCUT2D eigenvalue weighted by molar-refractivity contribution is 5.92. The molecule has 0 saturated heterocycles. The Kier molecular flexibility index (Phi) is 4.62. The van der Waals surface area contributed by atoms with Crippen LogP contribution in [0.1, 0.15) is 25.4 Å². The van der Waals surface area contributed by atoms with Crippen molar-refractivity contribution in [1.29, 1.82) is 5.26 Å². The number of benzene rings is 1. The third-order valence-corrected chi connectivity index (χ3v) is 2.89. The average molecular weight is 283 g/mol. The molecule has 1 heterocycles. The van der Waals surface area contributed by atoms with Gasteiger partial charge in [-0.15, -0.1) is 0 Å². The van der Waals surface area contributed by atoms with E-state index < -0.39 is 0 Å². The van der Waals surface area contributed by atoms with E-state index in [1.165, 1.54) is 0 Å². The lowest BCUT2D eigenvalue weighted by Crippen LogP contribution is -2.17. The summed E-state index contributed by atoms with van der Waals surface area (Å²) in [5.74, 6) is 0.902. The number of carbonyl (C=O) groups is 1. The Morgan fingerprint density at radius 3 is 2.71 bits per heavy atom. The van der Waals surface area contributed by atoms with Gasteiger partial charge >= 0.3 is 0 Å². The predicted octanol–water partition coefficient (Wildman–Crippen LogP) is 3.36. The van der Waals surface area contributed by atoms with Crippen LogP contribution in [0.3, 0.4) is 0 Å². The maximum Gasteiger partial charge on any atom is 0.226 e. The molecule has 1 aromatic heterocycles. The Labute approximate surface area is 123 Å². The lowest BCUT2D eigenvalue weighted by Gasteiger charge is -2.10. The van der Waals surface area contributed by atoms with Crippen LogP contribution in [0.4, 0.5) is 11.4 Å². The predicted molar refractivity (Wildman–Crippen MR) is 80.7 cm³/mol. The number of amides is 1. The molecule has 1 aromatic carbocycles. The van der Waals surface area contributed by atoms with Crippen LogP contribution in [0, 0.1) is 17.2 Å². The number of nitrogens with one attached hydrogen (secondary N) is 2. The zero-order chi connectivity index (χ0) is 15.2. The van der Waals surface area contributed by atoms with Gasteiger partial charge in [0.1, 0.15) is 11.8 Å². The van der Waals surface area contributed by atoms with Gasteiger partial charge in [0.2, 0.25) is 11.7 Å². The minimum Gasteiger partial charge on any atom is -0.449 e. The third kappa shape index (κ3) is 4.11. The first-order chi connectivity index (χ1) is 10.1. The minimum atomic E-state index is -0.0610. The summed E-state index contributed by atoms with van der Waals surface area (Å²) in [6, 6.07) is 12.8. The van der Waals surface area contributed by atoms with E-state index in [1.54, 1.807) is 12.1 Å². The van der Waals surface area contributed by atoms with Crippen LogP contribution in [0.25, 0.3) is 0 Å². The van der Waals surface area contributed by atoms with Gasteiger partial charge in [-0.1, -0.05) is 19.9 Å². The fourth-order valence-electron chi connectivity index (χ4n) is 1.72. The van der Waals surface area contributed by atoms with Crippen LogP contribution in [-0.4, -0.2) is 5.91 Å². The van der Waals surface area contributed by atoms with E-state index in [1.807, 2.05) is 44.2 Å². The molecule has 0 aliphatic heterocycles. The van der Waals surface area contributed by atoms with Gasteiger partial charge < -0.3 is 15.1 Å². The number of hydrogen-bond donors (Lipinski definition) is 2. The molecule has 0 bridgehead atoms. The second kappa shape index (κ2) is 6.62. The van der Waals surface area contributed by atoms with E-state index in [-0.39, 0.29) is 11.8 Å². The highest BCUT2D eigenvalue weighted by Crippen LogP contribution is 2.17. The Bertz CT molecular complexity index is 668. The van der Waals surface area contributed by atoms with Gasteiger partial charge in [-0.3, -0.25) is 4.79 Å². The zero-order valence-electron chi connectivity index (χ0n) is 12.0. The van der Waals surface area contributed by atoms with E-state index in [0.29, 0.717) is 18.1 Å². The molecule has 0 aliphatic carbocycles. The van der Waals surface area contributed by atoms with Crippen LogP contribution < -0.4 is 10.6 Å². The van der Waals surface area contributed by atoms with Crippen molar-refractivity contribution in [2.24, 2.45) is 5.92 Å². The number of nitriles is 1. The van der Waals surface area contributed by atoms with Crippen LogP contribution >= 0.6 is 0 Å². The molecule has 21 heavy (non-hydrogen) atoms. The summed E-state index contributed by atoms with van der Waals surface area (Å²) >= 11 is 0. The number of carbonyl (C=O) groups excluding carboxylic acids is 1. The van der Waals surface area contributed by atoms with Crippen LogP contribution in [0.5, 0.6) is 0 Å². The molecule has 1 amide bonds. The van der Waals surface area contributed by atoms with Gasteiger partial charge in [0.05, 0.1) is 6.54 Å². The van der Waals surface area contributed by atoms with Crippen molar-refractivity contribution in [3.05, 3.63) is 47.9 Å². The quantitative estimate of drug-likeness (QED) is 0.882. The first-order valence-electron chi connectivity index (χ1n) is 6.72. The number of anilines is 2. The van der Waals surface area contributed by atoms with Crippen molar-refractivity contribution in [3.8, 4) is 6.07 Å². The summed E-state index contributed by atoms with van der Waals surface area (Å²) in [6.45, 7) is 4.17. The Morgan fingerprint density at radius 2 is 2.05 bits per heavy atom. The second-order valence-corrected chi connectivity index (χ2v) is 4.96. The number of furan rings is 1. The molecule has 0 saturated carbocycles. The topological polar surface area (TPSA) is 78.1 Å². The Hall–Kier alpha value is -2.74. The smallest absolute Gasteiger partial charge is 0.226 e. The van der Waals surface area contributed by atoms with Crippen molar-refractivity contribution in [2.75, 3.05) is 10.6 Å². The van der Waals surface area contributed by atoms with Crippen LogP contribution in [0.2, 0.25) is 0 Å². The lowest BCUT2D eigenvalue weighted by molar-refractivity contribution is -0.118. The molecule has 5 heteroatoms. The van der Waals surface area contributed by atoms with Crippen molar-refractivity contribution >= 4 is 17.3 Å². The van der Waals surface area contributed by atoms with Crippen molar-refractivity contribution < 1.29 is 9.21 Å². The summed E-state index contributed by atoms with van der Waals surface area (Å²) in [7, 11) is 0. The minimum absolute atomic E-state index is 0.0168. The van der Waals surface area contributed by atoms with Gasteiger partial charge in [-0.25, -0.2) is 0 Å². The number of rotatable bonds is 5. The molecule has 2 rings (SSSR count). The standard InChI is InChI=1S/C16H17N3O2/c1-11(2)16(20)19-13-5-3-4-12(8-13)18-10-15-7-6-14(9-17)21-15/h3-8,11,18H,10H2,1-2H3,(H,19,20). The maximum atomic E-state index is 11.7. The van der Waals surface area contributed by atoms with Gasteiger partial charge in [0, 0.05) is 17.3 Å². The molecule has 0 unspecified atom stereocenters. The largest absolute Gasteiger partial charge is 0.449 e. The molecule has 2 aromatic rings. The lowest BCUT2D eigenvalue weighted by atomic mass is 10.2. The molecular weight excluding hydrogens is 266 g/mol. The van der Waals surface area contributed by atoms with Crippen LogP contribution in [0.15, 0.2) is 40.8 Å². The summed E-state index contributed by atoms with van der Waals surface area (Å²) in [5.41, 5.74) is 1.61. The summed E-state index contributed by atoms with van der Waals surface area (Å²) in [6.07, 6.45) is 0. The Morgan fingerprint density at radius 1 is 1.29 bits per heavy atom. The van der Waals surface area contributed by atoms with E-state index >= 15 is 0 Å². The maximum absolute atomic E-state index is 11.7. The van der Waals surface area contributed by atoms with Gasteiger partial charge in [0.15, 0.2) is 0 Å². The normalized spacial score (nSPS) is 10.2. The number of hydrogen-bond acceptors (Lipinski definition) is 4. The molecule has 108 valence electrons. The summed E-state index contributed by atoms with van der Waals surface area (Å²) in [4.78, 5) is 11.7. The van der Waals surface area contributed by atoms with E-state index in [9.17, 15) is 4.79 Å². The van der Waals surface area contributed by atoms with Crippen molar-refractivity contribution in [1.82, 2.24) is 0 Å². The third-order valence-electron chi connectivity index (χ3n) is 2.89. The monoisotopic (exact) mass is 283 g/mol. The molecule has 0 radical (unpaired) electrons. The average Bonchev–Trinajstić information content (AvgIpc) is 2.93.